The molecule has 0 spiro atoms. The van der Waals surface area contributed by atoms with E-state index in [1.807, 2.05) is 49.4 Å². The molecule has 0 saturated heterocycles. The van der Waals surface area contributed by atoms with E-state index in [0.717, 1.165) is 22.6 Å². The van der Waals surface area contributed by atoms with Crippen LogP contribution < -0.4 is 9.47 Å². The van der Waals surface area contributed by atoms with Gasteiger partial charge in [0.25, 0.3) is 0 Å². The predicted octanol–water partition coefficient (Wildman–Crippen LogP) is 3.27. The lowest BCUT2D eigenvalue weighted by Crippen LogP contribution is -2.28. The Kier molecular flexibility index (Phi) is 5.29. The van der Waals surface area contributed by atoms with E-state index in [1.54, 1.807) is 35.1 Å². The van der Waals surface area contributed by atoms with Crippen LogP contribution in [0.1, 0.15) is 24.1 Å². The van der Waals surface area contributed by atoms with Crippen molar-refractivity contribution in [2.45, 2.75) is 13.0 Å². The second-order valence-corrected chi connectivity index (χ2v) is 6.79. The average Bonchev–Trinajstić information content (AvgIpc) is 3.31. The molecule has 0 aliphatic carbocycles. The number of carbonyl (C=O) groups excluding carboxylic acids is 1. The van der Waals surface area contributed by atoms with E-state index < -0.39 is 0 Å². The van der Waals surface area contributed by atoms with Crippen molar-refractivity contribution < 1.29 is 14.3 Å². The quantitative estimate of drug-likeness (QED) is 0.626. The van der Waals surface area contributed by atoms with Crippen LogP contribution >= 0.6 is 0 Å². The molecule has 0 fully saturated rings. The molecule has 2 aromatic carbocycles. The van der Waals surface area contributed by atoms with Gasteiger partial charge in [-0.05, 0) is 48.4 Å². The summed E-state index contributed by atoms with van der Waals surface area (Å²) in [7, 11) is 1.80. The number of benzene rings is 2. The molecule has 0 N–H and O–H groups in total. The molecule has 148 valence electrons. The molecular formula is C22H22N4O3. The first kappa shape index (κ1) is 18.7. The first-order valence-electron chi connectivity index (χ1n) is 9.41. The van der Waals surface area contributed by atoms with Crippen LogP contribution in [0, 0.1) is 0 Å². The number of aromatic nitrogens is 3. The highest BCUT2D eigenvalue weighted by atomic mass is 16.6. The number of amides is 1. The normalized spacial score (nSPS) is 14.0. The van der Waals surface area contributed by atoms with Gasteiger partial charge in [0.05, 0.1) is 11.7 Å². The SMILES string of the molecule is C[C@@H](c1ccc(-n2cncn2)cc1)N(C)C(=O)/C=C/c1ccc2c(c1)OCCO2. The maximum Gasteiger partial charge on any atom is 0.246 e. The van der Waals surface area contributed by atoms with Gasteiger partial charge < -0.3 is 14.4 Å². The molecule has 0 unspecified atom stereocenters. The smallest absolute Gasteiger partial charge is 0.246 e. The summed E-state index contributed by atoms with van der Waals surface area (Å²) in [5.74, 6) is 1.37. The molecule has 0 radical (unpaired) electrons. The molecule has 4 rings (SSSR count). The van der Waals surface area contributed by atoms with E-state index in [-0.39, 0.29) is 11.9 Å². The lowest BCUT2D eigenvalue weighted by atomic mass is 10.1. The number of likely N-dealkylation sites (N-methyl/N-ethyl adjacent to an activating group) is 1. The van der Waals surface area contributed by atoms with E-state index in [0.29, 0.717) is 19.0 Å². The van der Waals surface area contributed by atoms with E-state index >= 15 is 0 Å². The van der Waals surface area contributed by atoms with Crippen LogP contribution in [0.25, 0.3) is 11.8 Å². The zero-order valence-electron chi connectivity index (χ0n) is 16.4. The second-order valence-electron chi connectivity index (χ2n) is 6.79. The number of rotatable bonds is 5. The summed E-state index contributed by atoms with van der Waals surface area (Å²) in [6, 6.07) is 13.5. The molecule has 7 heteroatoms. The third kappa shape index (κ3) is 4.13. The first-order valence-corrected chi connectivity index (χ1v) is 9.41. The Balaban J connectivity index is 1.42. The van der Waals surface area contributed by atoms with Gasteiger partial charge >= 0.3 is 0 Å². The molecule has 1 aliphatic rings. The Bertz CT molecular complexity index is 1010. The molecule has 3 aromatic rings. The largest absolute Gasteiger partial charge is 0.486 e. The highest BCUT2D eigenvalue weighted by molar-refractivity contribution is 5.92. The molecule has 1 amide bonds. The van der Waals surface area contributed by atoms with E-state index in [1.165, 1.54) is 6.33 Å². The van der Waals surface area contributed by atoms with Crippen molar-refractivity contribution >= 4 is 12.0 Å². The Morgan fingerprint density at radius 2 is 1.90 bits per heavy atom. The van der Waals surface area contributed by atoms with Crippen LogP contribution in [0.4, 0.5) is 0 Å². The number of ether oxygens (including phenoxy) is 2. The van der Waals surface area contributed by atoms with Crippen LogP contribution in [-0.4, -0.2) is 45.8 Å². The number of hydrogen-bond donors (Lipinski definition) is 0. The lowest BCUT2D eigenvalue weighted by molar-refractivity contribution is -0.126. The Hall–Kier alpha value is -3.61. The highest BCUT2D eigenvalue weighted by Gasteiger charge is 2.16. The molecule has 29 heavy (non-hydrogen) atoms. The zero-order valence-corrected chi connectivity index (χ0v) is 16.4. The molecule has 2 heterocycles. The maximum atomic E-state index is 12.6. The number of fused-ring (bicyclic) bond motifs is 1. The Morgan fingerprint density at radius 3 is 2.62 bits per heavy atom. The fraction of sp³-hybridized carbons (Fsp3) is 0.227. The fourth-order valence-electron chi connectivity index (χ4n) is 3.11. The minimum Gasteiger partial charge on any atom is -0.486 e. The summed E-state index contributed by atoms with van der Waals surface area (Å²) >= 11 is 0. The van der Waals surface area contributed by atoms with Crippen molar-refractivity contribution in [2.24, 2.45) is 0 Å². The van der Waals surface area contributed by atoms with Gasteiger partial charge in [0, 0.05) is 13.1 Å². The van der Waals surface area contributed by atoms with Crippen LogP contribution in [0.15, 0.2) is 61.2 Å². The predicted molar refractivity (Wildman–Crippen MR) is 109 cm³/mol. The minimum absolute atomic E-state index is 0.0720. The fourth-order valence-corrected chi connectivity index (χ4v) is 3.11. The Morgan fingerprint density at radius 1 is 1.14 bits per heavy atom. The van der Waals surface area contributed by atoms with Crippen LogP contribution in [0.5, 0.6) is 11.5 Å². The van der Waals surface area contributed by atoms with Crippen molar-refractivity contribution in [3.05, 3.63) is 72.3 Å². The third-order valence-corrected chi connectivity index (χ3v) is 4.97. The molecule has 1 aliphatic heterocycles. The van der Waals surface area contributed by atoms with Crippen molar-refractivity contribution in [3.63, 3.8) is 0 Å². The minimum atomic E-state index is -0.0762. The number of nitrogens with zero attached hydrogens (tertiary/aromatic N) is 4. The lowest BCUT2D eigenvalue weighted by Gasteiger charge is -2.24. The van der Waals surface area contributed by atoms with Crippen LogP contribution in [0.3, 0.4) is 0 Å². The van der Waals surface area contributed by atoms with Gasteiger partial charge in [-0.2, -0.15) is 5.10 Å². The summed E-state index contributed by atoms with van der Waals surface area (Å²) in [5.41, 5.74) is 2.85. The van der Waals surface area contributed by atoms with Crippen molar-refractivity contribution in [1.82, 2.24) is 19.7 Å². The van der Waals surface area contributed by atoms with Gasteiger partial charge in [0.15, 0.2) is 11.5 Å². The summed E-state index contributed by atoms with van der Waals surface area (Å²) in [6.07, 6.45) is 6.51. The average molecular weight is 390 g/mol. The first-order chi connectivity index (χ1) is 14.1. The van der Waals surface area contributed by atoms with Gasteiger partial charge in [0.2, 0.25) is 5.91 Å². The molecule has 0 bridgehead atoms. The highest BCUT2D eigenvalue weighted by Crippen LogP contribution is 2.31. The van der Waals surface area contributed by atoms with Crippen molar-refractivity contribution in [3.8, 4) is 17.2 Å². The standard InChI is InChI=1S/C22H22N4O3/c1-16(18-5-7-19(8-6-18)26-15-23-14-24-26)25(2)22(27)10-4-17-3-9-20-21(13-17)29-12-11-28-20/h3-10,13-16H,11-12H2,1-2H3/b10-4+/t16-/m0/s1. The van der Waals surface area contributed by atoms with Gasteiger partial charge in [-0.1, -0.05) is 18.2 Å². The molecule has 1 atom stereocenters. The van der Waals surface area contributed by atoms with Crippen LogP contribution in [0.2, 0.25) is 0 Å². The van der Waals surface area contributed by atoms with E-state index in [2.05, 4.69) is 10.1 Å². The molecule has 0 saturated carbocycles. The molecular weight excluding hydrogens is 368 g/mol. The number of hydrogen-bond acceptors (Lipinski definition) is 5. The summed E-state index contributed by atoms with van der Waals surface area (Å²) < 4.78 is 12.8. The van der Waals surface area contributed by atoms with Gasteiger partial charge in [0.1, 0.15) is 25.9 Å². The van der Waals surface area contributed by atoms with E-state index in [9.17, 15) is 4.79 Å². The summed E-state index contributed by atoms with van der Waals surface area (Å²) in [4.78, 5) is 18.3. The van der Waals surface area contributed by atoms with Gasteiger partial charge in [-0.15, -0.1) is 0 Å². The van der Waals surface area contributed by atoms with E-state index in [4.69, 9.17) is 9.47 Å². The van der Waals surface area contributed by atoms with Crippen molar-refractivity contribution in [1.29, 1.82) is 0 Å². The van der Waals surface area contributed by atoms with Gasteiger partial charge in [-0.3, -0.25) is 4.79 Å². The van der Waals surface area contributed by atoms with Gasteiger partial charge in [-0.25, -0.2) is 9.67 Å². The van der Waals surface area contributed by atoms with Crippen LogP contribution in [-0.2, 0) is 4.79 Å². The van der Waals surface area contributed by atoms with Crippen molar-refractivity contribution in [2.75, 3.05) is 20.3 Å². The number of carbonyl (C=O) groups is 1. The maximum absolute atomic E-state index is 12.6. The summed E-state index contributed by atoms with van der Waals surface area (Å²) in [5, 5.41) is 4.12. The second kappa shape index (κ2) is 8.18. The third-order valence-electron chi connectivity index (χ3n) is 4.97. The zero-order chi connectivity index (χ0) is 20.2. The topological polar surface area (TPSA) is 69.5 Å². The molecule has 7 nitrogen and oxygen atoms in total. The summed E-state index contributed by atoms with van der Waals surface area (Å²) in [6.45, 7) is 3.10. The molecule has 1 aromatic heterocycles. The monoisotopic (exact) mass is 390 g/mol. The Labute approximate surface area is 169 Å².